The zero-order valence-electron chi connectivity index (χ0n) is 20.2. The lowest BCUT2D eigenvalue weighted by atomic mass is 9.78. The van der Waals surface area contributed by atoms with Gasteiger partial charge < -0.3 is 9.47 Å². The molecule has 184 valence electrons. The summed E-state index contributed by atoms with van der Waals surface area (Å²) in [5.41, 5.74) is 2.67. The first-order valence-electron chi connectivity index (χ1n) is 12.2. The Bertz CT molecular complexity index is 1160. The molecule has 2 nitrogen and oxygen atoms in total. The fourth-order valence-corrected chi connectivity index (χ4v) is 4.75. The number of benzene rings is 3. The number of hydrogen-bond donors (Lipinski definition) is 0. The quantitative estimate of drug-likeness (QED) is 0.323. The summed E-state index contributed by atoms with van der Waals surface area (Å²) in [6, 6.07) is 15.5. The zero-order chi connectivity index (χ0) is 24.8. The predicted octanol–water partition coefficient (Wildman–Crippen LogP) is 8.30. The molecule has 0 amide bonds. The molecule has 5 heteroatoms. The van der Waals surface area contributed by atoms with Gasteiger partial charge in [0, 0.05) is 17.7 Å². The van der Waals surface area contributed by atoms with E-state index < -0.39 is 11.6 Å². The molecular formula is C30H31F3O2. The van der Waals surface area contributed by atoms with Crippen LogP contribution in [0.5, 0.6) is 5.75 Å². The Balaban J connectivity index is 1.39. The molecule has 1 aliphatic rings. The van der Waals surface area contributed by atoms with Crippen LogP contribution >= 0.6 is 0 Å². The molecule has 0 saturated heterocycles. The van der Waals surface area contributed by atoms with E-state index in [1.165, 1.54) is 6.07 Å². The van der Waals surface area contributed by atoms with E-state index in [0.717, 1.165) is 31.2 Å². The summed E-state index contributed by atoms with van der Waals surface area (Å²) in [5, 5.41) is 0. The maximum Gasteiger partial charge on any atom is 0.166 e. The van der Waals surface area contributed by atoms with Crippen molar-refractivity contribution in [2.45, 2.75) is 45.1 Å². The van der Waals surface area contributed by atoms with Gasteiger partial charge in [-0.3, -0.25) is 0 Å². The molecule has 1 aliphatic carbocycles. The Kier molecular flexibility index (Phi) is 8.29. The van der Waals surface area contributed by atoms with Crippen molar-refractivity contribution in [2.75, 3.05) is 13.7 Å². The smallest absolute Gasteiger partial charge is 0.166 e. The standard InChI is InChI=1S/C30H31F3O2/c1-3-35-19-21-7-11-24(28(31)18-21)10-6-20-4-8-22(9-5-20)26-16-17-27(30(33)29(26)32)23-12-14-25(34-2)15-13-23/h6-7,10-18,20,22H,3-5,8-9,19H2,1-2H3/b10-6+. The molecule has 35 heavy (non-hydrogen) atoms. The molecule has 0 aliphatic heterocycles. The Morgan fingerprint density at radius 2 is 1.63 bits per heavy atom. The van der Waals surface area contributed by atoms with Crippen LogP contribution < -0.4 is 4.74 Å². The number of halogens is 3. The highest BCUT2D eigenvalue weighted by Crippen LogP contribution is 2.39. The Morgan fingerprint density at radius 1 is 0.886 bits per heavy atom. The van der Waals surface area contributed by atoms with Crippen LogP contribution in [-0.2, 0) is 11.3 Å². The van der Waals surface area contributed by atoms with Gasteiger partial charge in [0.15, 0.2) is 11.6 Å². The summed E-state index contributed by atoms with van der Waals surface area (Å²) >= 11 is 0. The number of methoxy groups -OCH3 is 1. The Morgan fingerprint density at radius 3 is 2.29 bits per heavy atom. The fourth-order valence-electron chi connectivity index (χ4n) is 4.75. The van der Waals surface area contributed by atoms with E-state index >= 15 is 4.39 Å². The topological polar surface area (TPSA) is 18.5 Å². The molecule has 1 fully saturated rings. The van der Waals surface area contributed by atoms with Gasteiger partial charge in [-0.25, -0.2) is 13.2 Å². The minimum atomic E-state index is -0.807. The van der Waals surface area contributed by atoms with Crippen molar-refractivity contribution in [3.8, 4) is 16.9 Å². The Hall–Kier alpha value is -3.05. The second-order valence-corrected chi connectivity index (χ2v) is 9.02. The van der Waals surface area contributed by atoms with Crippen LogP contribution in [0.3, 0.4) is 0 Å². The lowest BCUT2D eigenvalue weighted by Crippen LogP contribution is -2.13. The summed E-state index contributed by atoms with van der Waals surface area (Å²) in [4.78, 5) is 0. The molecule has 0 N–H and O–H groups in total. The molecule has 0 unspecified atom stereocenters. The van der Waals surface area contributed by atoms with E-state index in [-0.39, 0.29) is 17.3 Å². The largest absolute Gasteiger partial charge is 0.497 e. The van der Waals surface area contributed by atoms with Crippen molar-refractivity contribution in [3.05, 3.63) is 94.8 Å². The second kappa shape index (κ2) is 11.6. The van der Waals surface area contributed by atoms with Gasteiger partial charge >= 0.3 is 0 Å². The molecule has 3 aromatic rings. The van der Waals surface area contributed by atoms with Crippen molar-refractivity contribution < 1.29 is 22.6 Å². The highest BCUT2D eigenvalue weighted by molar-refractivity contribution is 5.65. The maximum absolute atomic E-state index is 15.0. The molecule has 0 heterocycles. The van der Waals surface area contributed by atoms with Crippen molar-refractivity contribution in [3.63, 3.8) is 0 Å². The first-order valence-corrected chi connectivity index (χ1v) is 12.2. The summed E-state index contributed by atoms with van der Waals surface area (Å²) in [5.74, 6) is -0.890. The average Bonchev–Trinajstić information content (AvgIpc) is 2.89. The van der Waals surface area contributed by atoms with E-state index in [0.29, 0.717) is 41.6 Å². The van der Waals surface area contributed by atoms with E-state index in [9.17, 15) is 8.78 Å². The van der Waals surface area contributed by atoms with Crippen LogP contribution in [0, 0.1) is 23.4 Å². The van der Waals surface area contributed by atoms with Crippen LogP contribution in [0.15, 0.2) is 60.7 Å². The minimum Gasteiger partial charge on any atom is -0.497 e. The predicted molar refractivity (Wildman–Crippen MR) is 134 cm³/mol. The van der Waals surface area contributed by atoms with Crippen LogP contribution in [0.1, 0.15) is 55.2 Å². The van der Waals surface area contributed by atoms with Gasteiger partial charge in [0.2, 0.25) is 0 Å². The number of hydrogen-bond acceptors (Lipinski definition) is 2. The molecule has 0 atom stereocenters. The number of ether oxygens (including phenoxy) is 2. The maximum atomic E-state index is 15.0. The summed E-state index contributed by atoms with van der Waals surface area (Å²) < 4.78 is 54.8. The fraction of sp³-hybridized carbons (Fsp3) is 0.333. The highest BCUT2D eigenvalue weighted by atomic mass is 19.2. The SMILES string of the molecule is CCOCc1ccc(/C=C/C2CCC(c3ccc(-c4ccc(OC)cc4)c(F)c3F)CC2)c(F)c1. The van der Waals surface area contributed by atoms with Gasteiger partial charge in [-0.1, -0.05) is 48.6 Å². The van der Waals surface area contributed by atoms with Gasteiger partial charge in [0.05, 0.1) is 13.7 Å². The third-order valence-electron chi connectivity index (χ3n) is 6.81. The monoisotopic (exact) mass is 480 g/mol. The number of rotatable bonds is 8. The molecule has 1 saturated carbocycles. The minimum absolute atomic E-state index is 0.0198. The third-order valence-corrected chi connectivity index (χ3v) is 6.81. The van der Waals surface area contributed by atoms with E-state index in [4.69, 9.17) is 9.47 Å². The number of allylic oxidation sites excluding steroid dienone is 1. The van der Waals surface area contributed by atoms with Gasteiger partial charge in [0.1, 0.15) is 11.6 Å². The molecule has 0 radical (unpaired) electrons. The highest BCUT2D eigenvalue weighted by Gasteiger charge is 2.25. The zero-order valence-corrected chi connectivity index (χ0v) is 20.2. The molecular weight excluding hydrogens is 449 g/mol. The van der Waals surface area contributed by atoms with Crippen molar-refractivity contribution in [1.82, 2.24) is 0 Å². The van der Waals surface area contributed by atoms with Crippen LogP contribution in [0.4, 0.5) is 13.2 Å². The first kappa shape index (κ1) is 25.1. The molecule has 0 bridgehead atoms. The first-order chi connectivity index (χ1) is 17.0. The molecule has 3 aromatic carbocycles. The Labute approximate surface area is 205 Å². The van der Waals surface area contributed by atoms with Gasteiger partial charge in [0.25, 0.3) is 0 Å². The molecule has 4 rings (SSSR count). The van der Waals surface area contributed by atoms with Crippen molar-refractivity contribution >= 4 is 6.08 Å². The third kappa shape index (κ3) is 5.96. The van der Waals surface area contributed by atoms with Crippen LogP contribution in [-0.4, -0.2) is 13.7 Å². The van der Waals surface area contributed by atoms with Crippen LogP contribution in [0.25, 0.3) is 17.2 Å². The van der Waals surface area contributed by atoms with Crippen molar-refractivity contribution in [2.24, 2.45) is 5.92 Å². The van der Waals surface area contributed by atoms with Gasteiger partial charge in [-0.2, -0.15) is 0 Å². The molecule has 0 spiro atoms. The molecule has 0 aromatic heterocycles. The second-order valence-electron chi connectivity index (χ2n) is 9.02. The normalized spacial score (nSPS) is 18.2. The van der Waals surface area contributed by atoms with E-state index in [1.807, 2.05) is 25.1 Å². The van der Waals surface area contributed by atoms with E-state index in [2.05, 4.69) is 0 Å². The summed E-state index contributed by atoms with van der Waals surface area (Å²) in [6.45, 7) is 2.90. The van der Waals surface area contributed by atoms with Gasteiger partial charge in [-0.05, 0) is 79.3 Å². The lowest BCUT2D eigenvalue weighted by Gasteiger charge is -2.27. The van der Waals surface area contributed by atoms with Crippen molar-refractivity contribution in [1.29, 1.82) is 0 Å². The van der Waals surface area contributed by atoms with Crippen LogP contribution in [0.2, 0.25) is 0 Å². The van der Waals surface area contributed by atoms with E-state index in [1.54, 1.807) is 49.6 Å². The lowest BCUT2D eigenvalue weighted by molar-refractivity contribution is 0.134. The summed E-state index contributed by atoms with van der Waals surface area (Å²) in [7, 11) is 1.56. The van der Waals surface area contributed by atoms with Gasteiger partial charge in [-0.15, -0.1) is 0 Å². The summed E-state index contributed by atoms with van der Waals surface area (Å²) in [6.07, 6.45) is 7.11. The average molecular weight is 481 g/mol.